The molecular formula is C16H26N2O2S. The van der Waals surface area contributed by atoms with Gasteiger partial charge >= 0.3 is 0 Å². The maximum absolute atomic E-state index is 12.8. The van der Waals surface area contributed by atoms with Crippen LogP contribution in [0.25, 0.3) is 0 Å². The third kappa shape index (κ3) is 4.05. The van der Waals surface area contributed by atoms with Crippen LogP contribution >= 0.6 is 0 Å². The number of sulfonamides is 1. The zero-order chi connectivity index (χ0) is 15.6. The Morgan fingerprint density at radius 2 is 1.95 bits per heavy atom. The van der Waals surface area contributed by atoms with Crippen molar-refractivity contribution in [1.29, 1.82) is 0 Å². The lowest BCUT2D eigenvalue weighted by Gasteiger charge is -2.20. The zero-order valence-corrected chi connectivity index (χ0v) is 14.2. The van der Waals surface area contributed by atoms with Gasteiger partial charge in [0.25, 0.3) is 0 Å². The third-order valence-corrected chi connectivity index (χ3v) is 6.05. The Hall–Kier alpha value is -0.910. The van der Waals surface area contributed by atoms with Crippen LogP contribution in [-0.2, 0) is 16.6 Å². The highest BCUT2D eigenvalue weighted by Crippen LogP contribution is 2.38. The van der Waals surface area contributed by atoms with E-state index in [2.05, 4.69) is 26.1 Å². The number of rotatable bonds is 7. The van der Waals surface area contributed by atoms with Crippen LogP contribution in [0.4, 0.5) is 0 Å². The average molecular weight is 310 g/mol. The Labute approximate surface area is 128 Å². The average Bonchev–Trinajstić information content (AvgIpc) is 3.12. The molecule has 21 heavy (non-hydrogen) atoms. The van der Waals surface area contributed by atoms with Gasteiger partial charge in [-0.1, -0.05) is 39.0 Å². The second-order valence-corrected chi connectivity index (χ2v) is 8.42. The van der Waals surface area contributed by atoms with Gasteiger partial charge in [-0.2, -0.15) is 0 Å². The van der Waals surface area contributed by atoms with E-state index in [0.29, 0.717) is 35.9 Å². The second kappa shape index (κ2) is 6.46. The van der Waals surface area contributed by atoms with Crippen LogP contribution in [0.15, 0.2) is 29.2 Å². The molecule has 0 bridgehead atoms. The first-order valence-electron chi connectivity index (χ1n) is 7.60. The van der Waals surface area contributed by atoms with Crippen molar-refractivity contribution in [2.45, 2.75) is 44.7 Å². The van der Waals surface area contributed by atoms with Crippen LogP contribution in [0.2, 0.25) is 0 Å². The fourth-order valence-corrected chi connectivity index (χ4v) is 3.91. The van der Waals surface area contributed by atoms with Gasteiger partial charge in [0.1, 0.15) is 0 Å². The molecule has 5 heteroatoms. The third-order valence-electron chi connectivity index (χ3n) is 4.13. The number of hydrogen-bond donors (Lipinski definition) is 1. The normalized spacial score (nSPS) is 22.0. The van der Waals surface area contributed by atoms with E-state index < -0.39 is 10.0 Å². The maximum atomic E-state index is 12.8. The molecule has 0 heterocycles. The number of nitrogens with zero attached hydrogens (tertiary/aromatic N) is 1. The Bertz CT molecular complexity index is 584. The van der Waals surface area contributed by atoms with Gasteiger partial charge in [0.2, 0.25) is 10.0 Å². The lowest BCUT2D eigenvalue weighted by Crippen LogP contribution is -2.31. The van der Waals surface area contributed by atoms with Crippen molar-refractivity contribution in [3.05, 3.63) is 29.8 Å². The van der Waals surface area contributed by atoms with Crippen molar-refractivity contribution in [3.8, 4) is 0 Å². The largest absolute Gasteiger partial charge is 0.310 e. The standard InChI is InChI=1S/C16H26N2O2S/c1-12(2)17-10-14-7-5-6-8-16(14)21(19,20)18(4)11-15-9-13(15)3/h5-8,12-13,15,17H,9-11H2,1-4H3. The summed E-state index contributed by atoms with van der Waals surface area (Å²) < 4.78 is 27.0. The second-order valence-electron chi connectivity index (χ2n) is 6.40. The van der Waals surface area contributed by atoms with Crippen LogP contribution in [0.3, 0.4) is 0 Å². The van der Waals surface area contributed by atoms with Gasteiger partial charge in [0, 0.05) is 26.2 Å². The van der Waals surface area contributed by atoms with Gasteiger partial charge in [-0.05, 0) is 29.9 Å². The minimum absolute atomic E-state index is 0.325. The molecule has 1 saturated carbocycles. The van der Waals surface area contributed by atoms with Gasteiger partial charge in [0.15, 0.2) is 0 Å². The summed E-state index contributed by atoms with van der Waals surface area (Å²) in [6, 6.07) is 7.60. The highest BCUT2D eigenvalue weighted by Gasteiger charge is 2.36. The van der Waals surface area contributed by atoms with Gasteiger partial charge in [0.05, 0.1) is 4.90 Å². The van der Waals surface area contributed by atoms with Crippen molar-refractivity contribution in [1.82, 2.24) is 9.62 Å². The fraction of sp³-hybridized carbons (Fsp3) is 0.625. The molecule has 1 N–H and O–H groups in total. The van der Waals surface area contributed by atoms with Crippen molar-refractivity contribution >= 4 is 10.0 Å². The van der Waals surface area contributed by atoms with Gasteiger partial charge in [-0.15, -0.1) is 0 Å². The molecule has 118 valence electrons. The number of benzene rings is 1. The van der Waals surface area contributed by atoms with Crippen molar-refractivity contribution in [2.75, 3.05) is 13.6 Å². The van der Waals surface area contributed by atoms with E-state index >= 15 is 0 Å². The minimum atomic E-state index is -3.40. The highest BCUT2D eigenvalue weighted by molar-refractivity contribution is 7.89. The first-order chi connectivity index (χ1) is 9.82. The monoisotopic (exact) mass is 310 g/mol. The summed E-state index contributed by atoms with van der Waals surface area (Å²) >= 11 is 0. The molecule has 0 saturated heterocycles. The van der Waals surface area contributed by atoms with Crippen molar-refractivity contribution < 1.29 is 8.42 Å². The summed E-state index contributed by atoms with van der Waals surface area (Å²) in [6.07, 6.45) is 1.14. The van der Waals surface area contributed by atoms with E-state index in [9.17, 15) is 8.42 Å². The quantitative estimate of drug-likeness (QED) is 0.841. The summed E-state index contributed by atoms with van der Waals surface area (Å²) in [5, 5.41) is 3.29. The summed E-state index contributed by atoms with van der Waals surface area (Å²) in [5.41, 5.74) is 0.835. The van der Waals surface area contributed by atoms with Crippen LogP contribution in [0.1, 0.15) is 32.8 Å². The number of nitrogens with one attached hydrogen (secondary N) is 1. The highest BCUT2D eigenvalue weighted by atomic mass is 32.2. The Morgan fingerprint density at radius 3 is 2.52 bits per heavy atom. The smallest absolute Gasteiger partial charge is 0.243 e. The summed E-state index contributed by atoms with van der Waals surface area (Å²) in [4.78, 5) is 0.425. The molecule has 0 radical (unpaired) electrons. The van der Waals surface area contributed by atoms with Crippen molar-refractivity contribution in [3.63, 3.8) is 0 Å². The minimum Gasteiger partial charge on any atom is -0.310 e. The SMILES string of the molecule is CC(C)NCc1ccccc1S(=O)(=O)N(C)CC1CC1C. The molecule has 4 nitrogen and oxygen atoms in total. The first-order valence-corrected chi connectivity index (χ1v) is 9.04. The topological polar surface area (TPSA) is 49.4 Å². The first kappa shape index (κ1) is 16.5. The van der Waals surface area contributed by atoms with Gasteiger partial charge in [-0.25, -0.2) is 12.7 Å². The molecule has 1 aliphatic carbocycles. The van der Waals surface area contributed by atoms with Gasteiger partial charge in [-0.3, -0.25) is 0 Å². The molecule has 1 aromatic rings. The van der Waals surface area contributed by atoms with E-state index in [1.165, 1.54) is 4.31 Å². The van der Waals surface area contributed by atoms with E-state index in [0.717, 1.165) is 12.0 Å². The Kier molecular flexibility index (Phi) is 5.07. The predicted molar refractivity (Wildman–Crippen MR) is 85.5 cm³/mol. The van der Waals surface area contributed by atoms with E-state index in [4.69, 9.17) is 0 Å². The van der Waals surface area contributed by atoms with Crippen LogP contribution in [0, 0.1) is 11.8 Å². The zero-order valence-electron chi connectivity index (χ0n) is 13.3. The summed E-state index contributed by atoms with van der Waals surface area (Å²) in [7, 11) is -1.72. The Morgan fingerprint density at radius 1 is 1.33 bits per heavy atom. The molecule has 2 unspecified atom stereocenters. The lowest BCUT2D eigenvalue weighted by atomic mass is 10.2. The van der Waals surface area contributed by atoms with E-state index in [1.54, 1.807) is 19.2 Å². The number of hydrogen-bond acceptors (Lipinski definition) is 3. The molecule has 0 amide bonds. The molecular weight excluding hydrogens is 284 g/mol. The van der Waals surface area contributed by atoms with Crippen LogP contribution in [-0.4, -0.2) is 32.4 Å². The fourth-order valence-electron chi connectivity index (χ4n) is 2.47. The van der Waals surface area contributed by atoms with E-state index in [-0.39, 0.29) is 0 Å². The molecule has 0 spiro atoms. The molecule has 2 rings (SSSR count). The van der Waals surface area contributed by atoms with Crippen LogP contribution < -0.4 is 5.32 Å². The molecule has 2 atom stereocenters. The molecule has 1 fully saturated rings. The van der Waals surface area contributed by atoms with E-state index in [1.807, 2.05) is 12.1 Å². The van der Waals surface area contributed by atoms with Crippen LogP contribution in [0.5, 0.6) is 0 Å². The van der Waals surface area contributed by atoms with Gasteiger partial charge < -0.3 is 5.32 Å². The summed E-state index contributed by atoms with van der Waals surface area (Å²) in [6.45, 7) is 7.47. The maximum Gasteiger partial charge on any atom is 0.243 e. The molecule has 0 aliphatic heterocycles. The molecule has 1 aliphatic rings. The van der Waals surface area contributed by atoms with Crippen molar-refractivity contribution in [2.24, 2.45) is 11.8 Å². The lowest BCUT2D eigenvalue weighted by molar-refractivity contribution is 0.443. The summed E-state index contributed by atoms with van der Waals surface area (Å²) in [5.74, 6) is 1.17. The molecule has 1 aromatic carbocycles. The Balaban J connectivity index is 2.18. The predicted octanol–water partition coefficient (Wildman–Crippen LogP) is 2.46. The molecule has 0 aromatic heterocycles.